The number of carboxylic acid groups (broad SMARTS) is 1. The molecule has 4 aromatic rings. The van der Waals surface area contributed by atoms with Crippen molar-refractivity contribution in [2.45, 2.75) is 46.6 Å². The maximum atomic E-state index is 13.8. The Hall–Kier alpha value is -4.66. The SMILES string of the molecule is CCOc1cc(C)c(-c2nc3ccccc3c(=O)n2N=Cc2ccc(N(C)C)cc2O[C@@H](C)C(=O)O)cc1C(C)C. The van der Waals surface area contributed by atoms with E-state index in [1.807, 2.05) is 57.1 Å². The van der Waals surface area contributed by atoms with Crippen LogP contribution in [0.1, 0.15) is 50.3 Å². The molecule has 9 nitrogen and oxygen atoms in total. The summed E-state index contributed by atoms with van der Waals surface area (Å²) in [5, 5.41) is 14.5. The molecule has 3 aromatic carbocycles. The molecule has 1 atom stereocenters. The number of anilines is 1. The summed E-state index contributed by atoms with van der Waals surface area (Å²) in [6.45, 7) is 10.1. The lowest BCUT2D eigenvalue weighted by Gasteiger charge is -2.19. The third-order valence-corrected chi connectivity index (χ3v) is 6.75. The van der Waals surface area contributed by atoms with Crippen molar-refractivity contribution in [3.63, 3.8) is 0 Å². The number of nitrogens with zero attached hydrogens (tertiary/aromatic N) is 4. The van der Waals surface area contributed by atoms with E-state index >= 15 is 0 Å². The number of rotatable bonds is 10. The number of aryl methyl sites for hydroxylation is 1. The van der Waals surface area contributed by atoms with Gasteiger partial charge in [-0.05, 0) is 74.2 Å². The summed E-state index contributed by atoms with van der Waals surface area (Å²) in [6.07, 6.45) is 0.416. The number of aromatic nitrogens is 2. The molecule has 0 fully saturated rings. The standard InChI is InChI=1S/C32H36N4O5/c1-8-40-29-15-20(4)26(17-25(29)19(2)3)30-34-27-12-10-9-11-24(27)31(37)36(30)33-18-22-13-14-23(35(6)7)16-28(22)41-21(5)32(38)39/h9-19,21H,8H2,1-7H3,(H,38,39)/t21-/m0/s1. The molecular formula is C32H36N4O5. The first-order chi connectivity index (χ1) is 19.5. The molecule has 9 heteroatoms. The van der Waals surface area contributed by atoms with Crippen molar-refractivity contribution in [3.8, 4) is 22.9 Å². The van der Waals surface area contributed by atoms with Crippen LogP contribution in [0.4, 0.5) is 5.69 Å². The van der Waals surface area contributed by atoms with E-state index < -0.39 is 12.1 Å². The Balaban J connectivity index is 1.94. The van der Waals surface area contributed by atoms with Crippen LogP contribution in [0.2, 0.25) is 0 Å². The summed E-state index contributed by atoms with van der Waals surface area (Å²) in [5.41, 5.74) is 4.23. The zero-order chi connectivity index (χ0) is 29.8. The zero-order valence-corrected chi connectivity index (χ0v) is 24.5. The Morgan fingerprint density at radius 1 is 1.10 bits per heavy atom. The Kier molecular flexibility index (Phi) is 8.76. The highest BCUT2D eigenvalue weighted by Crippen LogP contribution is 2.34. The van der Waals surface area contributed by atoms with Gasteiger partial charge in [-0.2, -0.15) is 9.78 Å². The molecule has 0 bridgehead atoms. The van der Waals surface area contributed by atoms with Crippen molar-refractivity contribution in [2.75, 3.05) is 25.6 Å². The minimum absolute atomic E-state index is 0.172. The normalized spacial score (nSPS) is 12.2. The lowest BCUT2D eigenvalue weighted by atomic mass is 9.96. The summed E-state index contributed by atoms with van der Waals surface area (Å²) in [5.74, 6) is 0.604. The van der Waals surface area contributed by atoms with Crippen molar-refractivity contribution in [3.05, 3.63) is 81.6 Å². The molecule has 0 amide bonds. The molecule has 0 aliphatic carbocycles. The predicted molar refractivity (Wildman–Crippen MR) is 163 cm³/mol. The van der Waals surface area contributed by atoms with Gasteiger partial charge in [0.1, 0.15) is 11.5 Å². The van der Waals surface area contributed by atoms with Crippen molar-refractivity contribution >= 4 is 28.8 Å². The maximum absolute atomic E-state index is 13.8. The van der Waals surface area contributed by atoms with Gasteiger partial charge in [0.05, 0.1) is 23.7 Å². The first kappa shape index (κ1) is 29.3. The predicted octanol–water partition coefficient (Wildman–Crippen LogP) is 5.69. The Morgan fingerprint density at radius 2 is 1.83 bits per heavy atom. The first-order valence-corrected chi connectivity index (χ1v) is 13.6. The fraction of sp³-hybridized carbons (Fsp3) is 0.312. The first-order valence-electron chi connectivity index (χ1n) is 13.6. The third-order valence-electron chi connectivity index (χ3n) is 6.75. The second-order valence-corrected chi connectivity index (χ2v) is 10.3. The summed E-state index contributed by atoms with van der Waals surface area (Å²) in [4.78, 5) is 32.1. The van der Waals surface area contributed by atoms with Crippen LogP contribution in [-0.2, 0) is 4.79 Å². The molecule has 0 aliphatic rings. The van der Waals surface area contributed by atoms with Crippen LogP contribution >= 0.6 is 0 Å². The van der Waals surface area contributed by atoms with E-state index in [1.165, 1.54) is 17.8 Å². The highest BCUT2D eigenvalue weighted by Gasteiger charge is 2.19. The number of carbonyl (C=O) groups is 1. The number of para-hydroxylation sites is 1. The monoisotopic (exact) mass is 556 g/mol. The lowest BCUT2D eigenvalue weighted by molar-refractivity contribution is -0.144. The minimum Gasteiger partial charge on any atom is -0.494 e. The Labute approximate surface area is 239 Å². The van der Waals surface area contributed by atoms with E-state index in [4.69, 9.17) is 14.5 Å². The van der Waals surface area contributed by atoms with Gasteiger partial charge in [-0.15, -0.1) is 0 Å². The molecule has 1 aromatic heterocycles. The molecule has 0 saturated carbocycles. The highest BCUT2D eigenvalue weighted by molar-refractivity contribution is 5.86. The molecule has 0 unspecified atom stereocenters. The Morgan fingerprint density at radius 3 is 2.49 bits per heavy atom. The fourth-order valence-electron chi connectivity index (χ4n) is 4.45. The second kappa shape index (κ2) is 12.2. The van der Waals surface area contributed by atoms with Crippen molar-refractivity contribution < 1.29 is 19.4 Å². The summed E-state index contributed by atoms with van der Waals surface area (Å²) >= 11 is 0. The van der Waals surface area contributed by atoms with Gasteiger partial charge in [0, 0.05) is 37.0 Å². The fourth-order valence-corrected chi connectivity index (χ4v) is 4.45. The molecule has 0 radical (unpaired) electrons. The van der Waals surface area contributed by atoms with Gasteiger partial charge < -0.3 is 19.5 Å². The van der Waals surface area contributed by atoms with Crippen molar-refractivity contribution in [1.82, 2.24) is 9.66 Å². The number of hydrogen-bond acceptors (Lipinski definition) is 7. The maximum Gasteiger partial charge on any atom is 0.344 e. The number of hydrogen-bond donors (Lipinski definition) is 1. The lowest BCUT2D eigenvalue weighted by Crippen LogP contribution is -2.24. The van der Waals surface area contributed by atoms with Gasteiger partial charge in [0.15, 0.2) is 11.9 Å². The van der Waals surface area contributed by atoms with Gasteiger partial charge >= 0.3 is 5.97 Å². The number of aliphatic carboxylic acids is 1. The largest absolute Gasteiger partial charge is 0.494 e. The summed E-state index contributed by atoms with van der Waals surface area (Å²) < 4.78 is 13.0. The molecule has 41 heavy (non-hydrogen) atoms. The molecule has 1 heterocycles. The molecule has 1 N–H and O–H groups in total. The topological polar surface area (TPSA) is 106 Å². The van der Waals surface area contributed by atoms with E-state index in [2.05, 4.69) is 18.9 Å². The van der Waals surface area contributed by atoms with Crippen LogP contribution in [0.5, 0.6) is 11.5 Å². The van der Waals surface area contributed by atoms with Gasteiger partial charge in [0.25, 0.3) is 5.56 Å². The third kappa shape index (κ3) is 6.24. The van der Waals surface area contributed by atoms with Crippen LogP contribution in [0.3, 0.4) is 0 Å². The van der Waals surface area contributed by atoms with E-state index in [9.17, 15) is 14.7 Å². The number of ether oxygens (including phenoxy) is 2. The number of carboxylic acids is 1. The van der Waals surface area contributed by atoms with E-state index in [0.717, 1.165) is 28.1 Å². The highest BCUT2D eigenvalue weighted by atomic mass is 16.5. The average molecular weight is 557 g/mol. The van der Waals surface area contributed by atoms with Crippen molar-refractivity contribution in [2.24, 2.45) is 5.10 Å². The second-order valence-electron chi connectivity index (χ2n) is 10.3. The molecule has 0 spiro atoms. The molecule has 0 saturated heterocycles. The van der Waals surface area contributed by atoms with Gasteiger partial charge in [-0.3, -0.25) is 4.79 Å². The minimum atomic E-state index is -1.09. The average Bonchev–Trinajstić information content (AvgIpc) is 2.93. The van der Waals surface area contributed by atoms with Crippen LogP contribution in [0, 0.1) is 6.92 Å². The quantitative estimate of drug-likeness (QED) is 0.250. The van der Waals surface area contributed by atoms with Crippen LogP contribution in [-0.4, -0.2) is 53.8 Å². The Bertz CT molecular complexity index is 1670. The number of fused-ring (bicyclic) bond motifs is 1. The van der Waals surface area contributed by atoms with Gasteiger partial charge in [0.2, 0.25) is 0 Å². The van der Waals surface area contributed by atoms with Crippen LogP contribution in [0.15, 0.2) is 64.5 Å². The molecule has 4 rings (SSSR count). The van der Waals surface area contributed by atoms with Crippen LogP contribution < -0.4 is 19.9 Å². The number of benzene rings is 3. The van der Waals surface area contributed by atoms with E-state index in [0.29, 0.717) is 34.6 Å². The molecular weight excluding hydrogens is 520 g/mol. The smallest absolute Gasteiger partial charge is 0.344 e. The molecule has 214 valence electrons. The zero-order valence-electron chi connectivity index (χ0n) is 24.5. The van der Waals surface area contributed by atoms with E-state index in [-0.39, 0.29) is 11.5 Å². The summed E-state index contributed by atoms with van der Waals surface area (Å²) in [6, 6.07) is 16.5. The molecule has 0 aliphatic heterocycles. The summed E-state index contributed by atoms with van der Waals surface area (Å²) in [7, 11) is 3.76. The van der Waals surface area contributed by atoms with Crippen molar-refractivity contribution in [1.29, 1.82) is 0 Å². The van der Waals surface area contributed by atoms with E-state index in [1.54, 1.807) is 30.3 Å². The van der Waals surface area contributed by atoms with Gasteiger partial charge in [-0.1, -0.05) is 26.0 Å². The van der Waals surface area contributed by atoms with Gasteiger partial charge in [-0.25, -0.2) is 9.78 Å². The van der Waals surface area contributed by atoms with Crippen LogP contribution in [0.25, 0.3) is 22.3 Å².